The van der Waals surface area contributed by atoms with Crippen molar-refractivity contribution >= 4 is 16.9 Å². The molecule has 1 saturated heterocycles. The van der Waals surface area contributed by atoms with Crippen LogP contribution in [0.3, 0.4) is 0 Å². The summed E-state index contributed by atoms with van der Waals surface area (Å²) in [6.45, 7) is 3.00. The van der Waals surface area contributed by atoms with Gasteiger partial charge < -0.3 is 14.4 Å². The first kappa shape index (κ1) is 12.2. The van der Waals surface area contributed by atoms with Gasteiger partial charge in [0, 0.05) is 18.5 Å². The average molecular weight is 259 g/mol. The van der Waals surface area contributed by atoms with Gasteiger partial charge in [0.1, 0.15) is 11.8 Å². The predicted octanol–water partition coefficient (Wildman–Crippen LogP) is 2.42. The maximum Gasteiger partial charge on any atom is 0.257 e. The van der Waals surface area contributed by atoms with Crippen molar-refractivity contribution in [1.82, 2.24) is 4.90 Å². The van der Waals surface area contributed by atoms with Crippen molar-refractivity contribution in [3.63, 3.8) is 0 Å². The quantitative estimate of drug-likeness (QED) is 0.855. The number of amides is 1. The van der Waals surface area contributed by atoms with Gasteiger partial charge in [-0.15, -0.1) is 0 Å². The third kappa shape index (κ3) is 2.24. The lowest BCUT2D eigenvalue weighted by Crippen LogP contribution is -2.45. The molecule has 0 atom stereocenters. The zero-order valence-corrected chi connectivity index (χ0v) is 10.9. The molecule has 1 aliphatic heterocycles. The monoisotopic (exact) mass is 259 g/mol. The highest BCUT2D eigenvalue weighted by atomic mass is 16.3. The molecule has 0 bridgehead atoms. The number of furan rings is 1. The van der Waals surface area contributed by atoms with Crippen molar-refractivity contribution < 1.29 is 14.3 Å². The van der Waals surface area contributed by atoms with Crippen LogP contribution < -0.4 is 0 Å². The molecule has 19 heavy (non-hydrogen) atoms. The van der Waals surface area contributed by atoms with Crippen molar-refractivity contribution in [2.45, 2.75) is 25.4 Å². The van der Waals surface area contributed by atoms with Crippen LogP contribution in [0, 0.1) is 0 Å². The van der Waals surface area contributed by atoms with Crippen molar-refractivity contribution in [1.29, 1.82) is 0 Å². The zero-order valence-electron chi connectivity index (χ0n) is 10.9. The van der Waals surface area contributed by atoms with E-state index in [0.29, 0.717) is 31.5 Å². The van der Waals surface area contributed by atoms with Gasteiger partial charge >= 0.3 is 0 Å². The molecule has 1 aliphatic rings. The third-order valence-corrected chi connectivity index (χ3v) is 3.84. The predicted molar refractivity (Wildman–Crippen MR) is 72.0 cm³/mol. The fourth-order valence-electron chi connectivity index (χ4n) is 2.51. The number of aliphatic hydroxyl groups is 1. The fourth-order valence-corrected chi connectivity index (χ4v) is 2.51. The Morgan fingerprint density at radius 3 is 2.74 bits per heavy atom. The van der Waals surface area contributed by atoms with Crippen LogP contribution in [-0.2, 0) is 0 Å². The van der Waals surface area contributed by atoms with Crippen LogP contribution >= 0.6 is 0 Å². The fraction of sp³-hybridized carbons (Fsp3) is 0.400. The molecule has 2 heterocycles. The molecule has 2 aromatic rings. The molecule has 4 nitrogen and oxygen atoms in total. The van der Waals surface area contributed by atoms with Crippen molar-refractivity contribution in [2.24, 2.45) is 0 Å². The third-order valence-electron chi connectivity index (χ3n) is 3.84. The van der Waals surface area contributed by atoms with E-state index >= 15 is 0 Å². The Hall–Kier alpha value is -1.81. The average Bonchev–Trinajstić information content (AvgIpc) is 2.82. The zero-order chi connectivity index (χ0) is 13.5. The second-order valence-electron chi connectivity index (χ2n) is 5.43. The van der Waals surface area contributed by atoms with Gasteiger partial charge in [0.25, 0.3) is 5.91 Å². The van der Waals surface area contributed by atoms with Crippen LogP contribution in [0.15, 0.2) is 34.9 Å². The van der Waals surface area contributed by atoms with Gasteiger partial charge in [-0.2, -0.15) is 0 Å². The number of fused-ring (bicyclic) bond motifs is 1. The second-order valence-corrected chi connectivity index (χ2v) is 5.43. The van der Waals surface area contributed by atoms with Crippen molar-refractivity contribution in [2.75, 3.05) is 13.1 Å². The van der Waals surface area contributed by atoms with Crippen LogP contribution in [0.4, 0.5) is 0 Å². The van der Waals surface area contributed by atoms with Gasteiger partial charge in [0.2, 0.25) is 0 Å². The van der Waals surface area contributed by atoms with E-state index in [2.05, 4.69) is 0 Å². The molecule has 1 aromatic carbocycles. The largest absolute Gasteiger partial charge is 0.463 e. The molecule has 1 amide bonds. The number of carbonyl (C=O) groups excluding carboxylic acids is 1. The van der Waals surface area contributed by atoms with Crippen LogP contribution in [0.25, 0.3) is 11.0 Å². The summed E-state index contributed by atoms with van der Waals surface area (Å²) in [5, 5.41) is 10.8. The summed E-state index contributed by atoms with van der Waals surface area (Å²) >= 11 is 0. The minimum absolute atomic E-state index is 0.0135. The number of benzene rings is 1. The number of hydrogen-bond acceptors (Lipinski definition) is 3. The molecule has 1 fully saturated rings. The molecule has 0 spiro atoms. The Bertz CT molecular complexity index is 605. The molecule has 3 rings (SSSR count). The number of hydrogen-bond donors (Lipinski definition) is 1. The first-order valence-electron chi connectivity index (χ1n) is 6.55. The number of nitrogens with zero attached hydrogens (tertiary/aromatic N) is 1. The smallest absolute Gasteiger partial charge is 0.257 e. The molecule has 0 radical (unpaired) electrons. The van der Waals surface area contributed by atoms with Crippen LogP contribution in [-0.4, -0.2) is 34.6 Å². The summed E-state index contributed by atoms with van der Waals surface area (Å²) in [5.41, 5.74) is 0.696. The highest BCUT2D eigenvalue weighted by Gasteiger charge is 2.30. The summed E-state index contributed by atoms with van der Waals surface area (Å²) < 4.78 is 5.41. The Kier molecular flexibility index (Phi) is 2.82. The number of piperidine rings is 1. The Labute approximate surface area is 111 Å². The number of carbonyl (C=O) groups is 1. The first-order chi connectivity index (χ1) is 9.07. The topological polar surface area (TPSA) is 53.7 Å². The summed E-state index contributed by atoms with van der Waals surface area (Å²) in [6, 6.07) is 7.53. The summed E-state index contributed by atoms with van der Waals surface area (Å²) in [4.78, 5) is 14.3. The molecule has 0 aliphatic carbocycles. The van der Waals surface area contributed by atoms with Gasteiger partial charge in [-0.25, -0.2) is 0 Å². The van der Waals surface area contributed by atoms with E-state index in [4.69, 9.17) is 4.42 Å². The van der Waals surface area contributed by atoms with Crippen LogP contribution in [0.5, 0.6) is 0 Å². The lowest BCUT2D eigenvalue weighted by atomic mass is 9.93. The number of likely N-dealkylation sites (tertiary alicyclic amines) is 1. The molecular weight excluding hydrogens is 242 g/mol. The van der Waals surface area contributed by atoms with Crippen LogP contribution in [0.1, 0.15) is 30.1 Å². The molecule has 100 valence electrons. The minimum atomic E-state index is -0.644. The van der Waals surface area contributed by atoms with Gasteiger partial charge in [-0.05, 0) is 25.8 Å². The molecule has 4 heteroatoms. The second kappa shape index (κ2) is 4.38. The molecular formula is C15H17NO3. The lowest BCUT2D eigenvalue weighted by Gasteiger charge is -2.35. The van der Waals surface area contributed by atoms with E-state index in [0.717, 1.165) is 11.0 Å². The Morgan fingerprint density at radius 1 is 1.32 bits per heavy atom. The Balaban J connectivity index is 1.85. The molecule has 0 saturated carbocycles. The maximum atomic E-state index is 12.5. The summed E-state index contributed by atoms with van der Waals surface area (Å²) in [7, 11) is 0. The van der Waals surface area contributed by atoms with Gasteiger partial charge in [0.15, 0.2) is 0 Å². The summed E-state index contributed by atoms with van der Waals surface area (Å²) in [5.74, 6) is -0.0135. The van der Waals surface area contributed by atoms with E-state index in [1.54, 1.807) is 4.90 Å². The van der Waals surface area contributed by atoms with Crippen molar-refractivity contribution in [3.8, 4) is 0 Å². The Morgan fingerprint density at radius 2 is 2.00 bits per heavy atom. The maximum absolute atomic E-state index is 12.5. The van der Waals surface area contributed by atoms with E-state index in [1.807, 2.05) is 31.2 Å². The lowest BCUT2D eigenvalue weighted by molar-refractivity contribution is -0.00198. The van der Waals surface area contributed by atoms with E-state index in [-0.39, 0.29) is 5.91 Å². The first-order valence-corrected chi connectivity index (χ1v) is 6.55. The molecule has 1 N–H and O–H groups in total. The SMILES string of the molecule is CC1(O)CCN(C(=O)c2coc3ccccc23)CC1. The van der Waals surface area contributed by atoms with Gasteiger partial charge in [0.05, 0.1) is 11.2 Å². The van der Waals surface area contributed by atoms with Gasteiger partial charge in [-0.3, -0.25) is 4.79 Å². The number of rotatable bonds is 1. The molecule has 0 unspecified atom stereocenters. The highest BCUT2D eigenvalue weighted by molar-refractivity contribution is 6.05. The van der Waals surface area contributed by atoms with Crippen molar-refractivity contribution in [3.05, 3.63) is 36.1 Å². The standard InChI is InChI=1S/C15H17NO3/c1-15(18)6-8-16(9-7-15)14(17)12-10-19-13-5-3-2-4-11(12)13/h2-5,10,18H,6-9H2,1H3. The van der Waals surface area contributed by atoms with E-state index < -0.39 is 5.60 Å². The minimum Gasteiger partial charge on any atom is -0.463 e. The number of para-hydroxylation sites is 1. The van der Waals surface area contributed by atoms with Gasteiger partial charge in [-0.1, -0.05) is 18.2 Å². The molecule has 1 aromatic heterocycles. The normalized spacial score (nSPS) is 18.7. The van der Waals surface area contributed by atoms with E-state index in [1.165, 1.54) is 6.26 Å². The van der Waals surface area contributed by atoms with Crippen LogP contribution in [0.2, 0.25) is 0 Å². The highest BCUT2D eigenvalue weighted by Crippen LogP contribution is 2.26. The summed E-state index contributed by atoms with van der Waals surface area (Å²) in [6.07, 6.45) is 2.77. The van der Waals surface area contributed by atoms with E-state index in [9.17, 15) is 9.90 Å².